The van der Waals surface area contributed by atoms with Crippen LogP contribution in [0.1, 0.15) is 35.7 Å². The molecule has 5 heteroatoms. The van der Waals surface area contributed by atoms with Gasteiger partial charge >= 0.3 is 5.97 Å². The molecule has 18 heavy (non-hydrogen) atoms. The summed E-state index contributed by atoms with van der Waals surface area (Å²) in [4.78, 5) is 22.8. The molecule has 4 N–H and O–H groups in total. The number of nitrogens with one attached hydrogen (secondary N) is 1. The number of nitrogen functional groups attached to an aromatic ring is 1. The van der Waals surface area contributed by atoms with Crippen molar-refractivity contribution in [3.8, 4) is 0 Å². The molecule has 0 bridgehead atoms. The van der Waals surface area contributed by atoms with E-state index in [9.17, 15) is 9.59 Å². The van der Waals surface area contributed by atoms with Gasteiger partial charge in [0.15, 0.2) is 0 Å². The molecule has 1 atom stereocenters. The first kappa shape index (κ1) is 14.0. The van der Waals surface area contributed by atoms with E-state index in [2.05, 4.69) is 5.32 Å². The van der Waals surface area contributed by atoms with E-state index < -0.39 is 12.0 Å². The largest absolute Gasteiger partial charge is 0.480 e. The Kier molecular flexibility index (Phi) is 4.71. The summed E-state index contributed by atoms with van der Waals surface area (Å²) in [6.45, 7) is 3.67. The summed E-state index contributed by atoms with van der Waals surface area (Å²) < 4.78 is 0. The second-order valence-electron chi connectivity index (χ2n) is 4.22. The highest BCUT2D eigenvalue weighted by molar-refractivity contribution is 5.97. The maximum atomic E-state index is 11.9. The van der Waals surface area contributed by atoms with Gasteiger partial charge in [0.1, 0.15) is 6.04 Å². The third kappa shape index (κ3) is 3.48. The van der Waals surface area contributed by atoms with Gasteiger partial charge in [0.25, 0.3) is 5.91 Å². The molecule has 0 heterocycles. The fourth-order valence-corrected chi connectivity index (χ4v) is 1.60. The number of rotatable bonds is 5. The second kappa shape index (κ2) is 6.05. The Labute approximate surface area is 106 Å². The maximum Gasteiger partial charge on any atom is 0.326 e. The fraction of sp³-hybridized carbons (Fsp3) is 0.385. The summed E-state index contributed by atoms with van der Waals surface area (Å²) in [5.41, 5.74) is 7.48. The average molecular weight is 250 g/mol. The van der Waals surface area contributed by atoms with Gasteiger partial charge in [-0.1, -0.05) is 13.3 Å². The molecule has 1 aromatic rings. The minimum atomic E-state index is -1.02. The van der Waals surface area contributed by atoms with E-state index in [1.54, 1.807) is 25.1 Å². The SMILES string of the molecule is CCC[C@H](NC(=O)c1ccc(N)c(C)c1)C(=O)O. The Morgan fingerprint density at radius 1 is 1.44 bits per heavy atom. The number of amides is 1. The van der Waals surface area contributed by atoms with Gasteiger partial charge in [-0.2, -0.15) is 0 Å². The molecule has 1 rings (SSSR count). The first-order chi connectivity index (χ1) is 8.45. The van der Waals surface area contributed by atoms with Gasteiger partial charge in [-0.15, -0.1) is 0 Å². The van der Waals surface area contributed by atoms with Crippen LogP contribution in [0.15, 0.2) is 18.2 Å². The van der Waals surface area contributed by atoms with E-state index in [4.69, 9.17) is 10.8 Å². The van der Waals surface area contributed by atoms with Gasteiger partial charge in [-0.3, -0.25) is 4.79 Å². The highest BCUT2D eigenvalue weighted by atomic mass is 16.4. The summed E-state index contributed by atoms with van der Waals surface area (Å²) >= 11 is 0. The topological polar surface area (TPSA) is 92.4 Å². The third-order valence-electron chi connectivity index (χ3n) is 2.71. The highest BCUT2D eigenvalue weighted by Gasteiger charge is 2.19. The van der Waals surface area contributed by atoms with E-state index in [1.165, 1.54) is 0 Å². The van der Waals surface area contributed by atoms with E-state index >= 15 is 0 Å². The van der Waals surface area contributed by atoms with Gasteiger partial charge in [0, 0.05) is 11.3 Å². The summed E-state index contributed by atoms with van der Waals surface area (Å²) in [6, 6.07) is 4.03. The molecule has 0 aliphatic carbocycles. The van der Waals surface area contributed by atoms with Crippen LogP contribution >= 0.6 is 0 Å². The normalized spacial score (nSPS) is 11.9. The van der Waals surface area contributed by atoms with Gasteiger partial charge in [0.05, 0.1) is 0 Å². The van der Waals surface area contributed by atoms with Crippen LogP contribution in [0.5, 0.6) is 0 Å². The maximum absolute atomic E-state index is 11.9. The molecule has 0 aromatic heterocycles. The number of carboxylic acids is 1. The molecule has 1 aromatic carbocycles. The first-order valence-corrected chi connectivity index (χ1v) is 5.85. The lowest BCUT2D eigenvalue weighted by molar-refractivity contribution is -0.139. The van der Waals surface area contributed by atoms with Crippen LogP contribution in [0.2, 0.25) is 0 Å². The molecule has 0 aliphatic rings. The molecule has 0 saturated carbocycles. The quantitative estimate of drug-likeness (QED) is 0.691. The smallest absolute Gasteiger partial charge is 0.326 e. The zero-order valence-electron chi connectivity index (χ0n) is 10.6. The lowest BCUT2D eigenvalue weighted by Crippen LogP contribution is -2.40. The number of carbonyl (C=O) groups excluding carboxylic acids is 1. The van der Waals surface area contributed by atoms with E-state index in [0.717, 1.165) is 5.56 Å². The first-order valence-electron chi connectivity index (χ1n) is 5.85. The zero-order valence-corrected chi connectivity index (χ0v) is 10.6. The second-order valence-corrected chi connectivity index (χ2v) is 4.22. The van der Waals surface area contributed by atoms with E-state index in [0.29, 0.717) is 24.1 Å². The molecule has 0 aliphatic heterocycles. The van der Waals surface area contributed by atoms with Crippen molar-refractivity contribution in [1.29, 1.82) is 0 Å². The molecule has 98 valence electrons. The van der Waals surface area contributed by atoms with Crippen LogP contribution in [-0.4, -0.2) is 23.0 Å². The summed E-state index contributed by atoms with van der Waals surface area (Å²) in [7, 11) is 0. The predicted molar refractivity (Wildman–Crippen MR) is 69.4 cm³/mol. The zero-order chi connectivity index (χ0) is 13.7. The van der Waals surface area contributed by atoms with Crippen LogP contribution in [-0.2, 0) is 4.79 Å². The van der Waals surface area contributed by atoms with Crippen LogP contribution in [0.4, 0.5) is 5.69 Å². The molecule has 0 saturated heterocycles. The van der Waals surface area contributed by atoms with Crippen molar-refractivity contribution < 1.29 is 14.7 Å². The third-order valence-corrected chi connectivity index (χ3v) is 2.71. The monoisotopic (exact) mass is 250 g/mol. The molecular formula is C13H18N2O3. The number of hydrogen-bond acceptors (Lipinski definition) is 3. The molecule has 0 spiro atoms. The minimum Gasteiger partial charge on any atom is -0.480 e. The van der Waals surface area contributed by atoms with Crippen molar-refractivity contribution in [1.82, 2.24) is 5.32 Å². The minimum absolute atomic E-state index is 0.390. The molecule has 0 unspecified atom stereocenters. The van der Waals surface area contributed by atoms with E-state index in [-0.39, 0.29) is 5.91 Å². The fourth-order valence-electron chi connectivity index (χ4n) is 1.60. The van der Waals surface area contributed by atoms with Gasteiger partial charge in [0.2, 0.25) is 0 Å². The predicted octanol–water partition coefficient (Wildman–Crippen LogP) is 1.56. The summed E-state index contributed by atoms with van der Waals surface area (Å²) in [5.74, 6) is -1.41. The van der Waals surface area contributed by atoms with Crippen LogP contribution in [0.25, 0.3) is 0 Å². The summed E-state index contributed by atoms with van der Waals surface area (Å²) in [6.07, 6.45) is 1.10. The van der Waals surface area contributed by atoms with Gasteiger partial charge in [-0.05, 0) is 37.1 Å². The van der Waals surface area contributed by atoms with Crippen molar-refractivity contribution in [2.45, 2.75) is 32.7 Å². The van der Waals surface area contributed by atoms with Crippen LogP contribution in [0.3, 0.4) is 0 Å². The van der Waals surface area contributed by atoms with Crippen molar-refractivity contribution in [2.75, 3.05) is 5.73 Å². The molecule has 5 nitrogen and oxygen atoms in total. The number of hydrogen-bond donors (Lipinski definition) is 3. The molecule has 0 radical (unpaired) electrons. The number of nitrogens with two attached hydrogens (primary N) is 1. The lowest BCUT2D eigenvalue weighted by atomic mass is 10.1. The Morgan fingerprint density at radius 2 is 2.11 bits per heavy atom. The number of benzene rings is 1. The standard InChI is InChI=1S/C13H18N2O3/c1-3-4-11(13(17)18)15-12(16)9-5-6-10(14)8(2)7-9/h5-7,11H,3-4,14H2,1-2H3,(H,15,16)(H,17,18)/t11-/m0/s1. The summed E-state index contributed by atoms with van der Waals surface area (Å²) in [5, 5.41) is 11.5. The van der Waals surface area contributed by atoms with Crippen molar-refractivity contribution in [3.63, 3.8) is 0 Å². The molecule has 1 amide bonds. The van der Waals surface area contributed by atoms with Gasteiger partial charge < -0.3 is 16.2 Å². The highest BCUT2D eigenvalue weighted by Crippen LogP contribution is 2.13. The number of carbonyl (C=O) groups is 2. The lowest BCUT2D eigenvalue weighted by Gasteiger charge is -2.14. The van der Waals surface area contributed by atoms with Crippen LogP contribution < -0.4 is 11.1 Å². The Balaban J connectivity index is 2.80. The Bertz CT molecular complexity index is 458. The average Bonchev–Trinajstić information content (AvgIpc) is 2.31. The van der Waals surface area contributed by atoms with Gasteiger partial charge in [-0.25, -0.2) is 4.79 Å². The van der Waals surface area contributed by atoms with Crippen molar-refractivity contribution >= 4 is 17.6 Å². The number of carboxylic acid groups (broad SMARTS) is 1. The number of anilines is 1. The Morgan fingerprint density at radius 3 is 2.61 bits per heavy atom. The van der Waals surface area contributed by atoms with Crippen LogP contribution in [0, 0.1) is 6.92 Å². The Hall–Kier alpha value is -2.04. The molecule has 0 fully saturated rings. The van der Waals surface area contributed by atoms with E-state index in [1.807, 2.05) is 6.92 Å². The van der Waals surface area contributed by atoms with Crippen molar-refractivity contribution in [3.05, 3.63) is 29.3 Å². The van der Waals surface area contributed by atoms with Crippen molar-refractivity contribution in [2.24, 2.45) is 0 Å². The number of aryl methyl sites for hydroxylation is 1. The number of aliphatic carboxylic acids is 1. The molecular weight excluding hydrogens is 232 g/mol.